The van der Waals surface area contributed by atoms with Crippen molar-refractivity contribution in [1.29, 1.82) is 0 Å². The maximum Gasteiger partial charge on any atom is 0.256 e. The van der Waals surface area contributed by atoms with Crippen LogP contribution in [0.25, 0.3) is 12.2 Å². The normalized spacial score (nSPS) is 17.3. The first kappa shape index (κ1) is 37.7. The zero-order chi connectivity index (χ0) is 37.0. The highest BCUT2D eigenvalue weighted by atomic mass is 16.3. The minimum atomic E-state index is -1.37. The van der Waals surface area contributed by atoms with Gasteiger partial charge in [-0.25, -0.2) is 0 Å². The van der Waals surface area contributed by atoms with E-state index in [1.807, 2.05) is 36.4 Å². The van der Waals surface area contributed by atoms with Crippen LogP contribution in [0, 0.1) is 18.3 Å². The Hall–Kier alpha value is -5.50. The van der Waals surface area contributed by atoms with Crippen LogP contribution < -0.4 is 10.6 Å². The molecule has 3 atom stereocenters. The number of aliphatic hydroxyl groups excluding tert-OH is 2. The van der Waals surface area contributed by atoms with Crippen LogP contribution in [0.3, 0.4) is 0 Å². The molecule has 0 spiro atoms. The number of likely N-dealkylation sites (tertiary alicyclic amines) is 1. The molecule has 2 aliphatic rings. The number of benzene rings is 3. The van der Waals surface area contributed by atoms with Crippen LogP contribution in [-0.4, -0.2) is 75.4 Å². The summed E-state index contributed by atoms with van der Waals surface area (Å²) in [6.07, 6.45) is 12.2. The van der Waals surface area contributed by atoms with Crippen LogP contribution in [-0.2, 0) is 19.2 Å². The van der Waals surface area contributed by atoms with Crippen molar-refractivity contribution < 1.29 is 29.4 Å². The summed E-state index contributed by atoms with van der Waals surface area (Å²) in [7, 11) is 0. The Morgan fingerprint density at radius 2 is 1.48 bits per heavy atom. The fraction of sp³-hybridized carbons (Fsp3) is 0.333. The molecule has 270 valence electrons. The van der Waals surface area contributed by atoms with E-state index in [4.69, 9.17) is 6.42 Å². The van der Waals surface area contributed by atoms with E-state index in [0.29, 0.717) is 35.5 Å². The van der Waals surface area contributed by atoms with Crippen molar-refractivity contribution in [2.75, 3.05) is 30.3 Å². The Morgan fingerprint density at radius 1 is 0.885 bits per heavy atom. The molecule has 10 heteroatoms. The quantitative estimate of drug-likeness (QED) is 0.107. The third-order valence-electron chi connectivity index (χ3n) is 9.62. The predicted molar refractivity (Wildman–Crippen MR) is 202 cm³/mol. The molecule has 3 aromatic rings. The van der Waals surface area contributed by atoms with Crippen LogP contribution in [0.2, 0.25) is 0 Å². The summed E-state index contributed by atoms with van der Waals surface area (Å²) in [5, 5.41) is 27.1. The number of rotatable bonds is 13. The van der Waals surface area contributed by atoms with Crippen molar-refractivity contribution in [2.24, 2.45) is 5.92 Å². The lowest BCUT2D eigenvalue weighted by Crippen LogP contribution is -2.46. The lowest BCUT2D eigenvalue weighted by molar-refractivity contribution is -0.145. The van der Waals surface area contributed by atoms with Gasteiger partial charge < -0.3 is 30.6 Å². The maximum atomic E-state index is 13.3. The summed E-state index contributed by atoms with van der Waals surface area (Å²) < 4.78 is 0. The number of hydrogen-bond acceptors (Lipinski definition) is 6. The number of aliphatic hydroxyl groups is 2. The minimum absolute atomic E-state index is 0.0915. The van der Waals surface area contributed by atoms with Crippen molar-refractivity contribution in [3.63, 3.8) is 0 Å². The number of anilines is 2. The second kappa shape index (κ2) is 18.1. The number of carbonyl (C=O) groups is 4. The van der Waals surface area contributed by atoms with E-state index < -0.39 is 36.0 Å². The maximum absolute atomic E-state index is 13.3. The topological polar surface area (TPSA) is 139 Å². The Kier molecular flexibility index (Phi) is 13.2. The average Bonchev–Trinajstić information content (AvgIpc) is 3.57. The molecule has 1 aliphatic heterocycles. The third-order valence-corrected chi connectivity index (χ3v) is 9.62. The van der Waals surface area contributed by atoms with Gasteiger partial charge >= 0.3 is 0 Å². The molecule has 0 unspecified atom stereocenters. The Bertz CT molecular complexity index is 1790. The van der Waals surface area contributed by atoms with Gasteiger partial charge in [0.1, 0.15) is 12.1 Å². The van der Waals surface area contributed by atoms with Gasteiger partial charge in [-0.15, -0.1) is 12.3 Å². The fourth-order valence-electron chi connectivity index (χ4n) is 6.69. The largest absolute Gasteiger partial charge is 0.383 e. The van der Waals surface area contributed by atoms with Gasteiger partial charge in [-0.1, -0.05) is 92.6 Å². The Labute approximate surface area is 305 Å². The van der Waals surface area contributed by atoms with Gasteiger partial charge in [0.05, 0.1) is 6.54 Å². The zero-order valence-corrected chi connectivity index (χ0v) is 29.2. The summed E-state index contributed by atoms with van der Waals surface area (Å²) in [5.74, 6) is 0.652. The Balaban J connectivity index is 1.12. The standard InChI is InChI=1S/C42H46N4O6/c1-3-4-26-45(41(51)38(48)32-11-7-5-8-12-32)28-36(47)43-34-21-17-30(18-22-34)15-16-31-19-23-35(24-20-31)44-40(50)37-29(2)25-27-46(37)42(52)39(49)33-13-9-6-10-14-33/h1,6,9-10,13-24,32,37-39,48-49H,2,4-5,7-8,11-12,25-28H2,(H,43,47)(H,44,50)/b16-15+/t37-,38+,39+/m0/s1. The summed E-state index contributed by atoms with van der Waals surface area (Å²) in [5.41, 5.74) is 3.97. The molecular formula is C42H46N4O6. The minimum Gasteiger partial charge on any atom is -0.383 e. The monoisotopic (exact) mass is 702 g/mol. The summed E-state index contributed by atoms with van der Waals surface area (Å²) in [4.78, 5) is 55.1. The molecule has 52 heavy (non-hydrogen) atoms. The summed E-state index contributed by atoms with van der Waals surface area (Å²) >= 11 is 0. The van der Waals surface area contributed by atoms with E-state index in [1.54, 1.807) is 54.6 Å². The highest BCUT2D eigenvalue weighted by Gasteiger charge is 2.39. The number of nitrogens with one attached hydrogen (secondary N) is 2. The second-order valence-electron chi connectivity index (χ2n) is 13.3. The van der Waals surface area contributed by atoms with Crippen molar-refractivity contribution in [1.82, 2.24) is 9.80 Å². The molecule has 5 rings (SSSR count). The van der Waals surface area contributed by atoms with E-state index in [1.165, 1.54) is 9.80 Å². The van der Waals surface area contributed by atoms with Crippen molar-refractivity contribution in [2.45, 2.75) is 63.2 Å². The third kappa shape index (κ3) is 9.84. The summed E-state index contributed by atoms with van der Waals surface area (Å²) in [6.45, 7) is 4.29. The number of hydrogen-bond donors (Lipinski definition) is 4. The van der Waals surface area contributed by atoms with Crippen molar-refractivity contribution >= 4 is 47.2 Å². The molecule has 0 aromatic heterocycles. The van der Waals surface area contributed by atoms with Gasteiger partial charge in [0.25, 0.3) is 17.7 Å². The van der Waals surface area contributed by atoms with Gasteiger partial charge in [0, 0.05) is 30.9 Å². The second-order valence-corrected chi connectivity index (χ2v) is 13.3. The van der Waals surface area contributed by atoms with Crippen molar-refractivity contribution in [3.05, 3.63) is 108 Å². The van der Waals surface area contributed by atoms with E-state index in [0.717, 1.165) is 43.2 Å². The van der Waals surface area contributed by atoms with E-state index >= 15 is 0 Å². The fourth-order valence-corrected chi connectivity index (χ4v) is 6.69. The smallest absolute Gasteiger partial charge is 0.256 e. The van der Waals surface area contributed by atoms with Gasteiger partial charge in [0.2, 0.25) is 5.91 Å². The molecule has 1 saturated heterocycles. The van der Waals surface area contributed by atoms with Crippen LogP contribution >= 0.6 is 0 Å². The molecule has 10 nitrogen and oxygen atoms in total. The van der Waals surface area contributed by atoms with Crippen LogP contribution in [0.15, 0.2) is 91.0 Å². The van der Waals surface area contributed by atoms with Gasteiger partial charge in [-0.05, 0) is 71.7 Å². The molecule has 1 saturated carbocycles. The van der Waals surface area contributed by atoms with Crippen LogP contribution in [0.1, 0.15) is 67.7 Å². The number of carbonyl (C=O) groups excluding carboxylic acids is 4. The number of amides is 4. The molecule has 2 fully saturated rings. The SMILES string of the molecule is C#CCCN(CC(=O)Nc1ccc(/C=C/c2ccc(NC(=O)[C@@H]3C(=C)CCN3C(=O)[C@H](O)c3ccccc3)cc2)cc1)C(=O)[C@H](O)C1CCCCC1. The van der Waals surface area contributed by atoms with E-state index in [2.05, 4.69) is 23.1 Å². The molecule has 4 amide bonds. The van der Waals surface area contributed by atoms with Gasteiger partial charge in [-0.2, -0.15) is 0 Å². The first-order valence-electron chi connectivity index (χ1n) is 17.7. The van der Waals surface area contributed by atoms with Gasteiger partial charge in [-0.3, -0.25) is 19.2 Å². The predicted octanol–water partition coefficient (Wildman–Crippen LogP) is 5.42. The average molecular weight is 703 g/mol. The Morgan fingerprint density at radius 3 is 2.08 bits per heavy atom. The lowest BCUT2D eigenvalue weighted by atomic mass is 9.85. The molecule has 4 N–H and O–H groups in total. The molecule has 0 radical (unpaired) electrons. The number of terminal acetylenes is 1. The zero-order valence-electron chi connectivity index (χ0n) is 29.2. The molecular weight excluding hydrogens is 656 g/mol. The molecule has 3 aromatic carbocycles. The summed E-state index contributed by atoms with van der Waals surface area (Å²) in [6, 6.07) is 22.2. The number of nitrogens with zero attached hydrogens (tertiary/aromatic N) is 2. The van der Waals surface area contributed by atoms with Gasteiger partial charge in [0.15, 0.2) is 6.10 Å². The van der Waals surface area contributed by atoms with Crippen molar-refractivity contribution in [3.8, 4) is 12.3 Å². The highest BCUT2D eigenvalue weighted by Crippen LogP contribution is 2.29. The molecule has 1 heterocycles. The van der Waals surface area contributed by atoms with E-state index in [9.17, 15) is 29.4 Å². The van der Waals surface area contributed by atoms with Crippen LogP contribution in [0.4, 0.5) is 11.4 Å². The first-order chi connectivity index (χ1) is 25.1. The lowest BCUT2D eigenvalue weighted by Gasteiger charge is -2.30. The molecule has 0 bridgehead atoms. The molecule has 1 aliphatic carbocycles. The van der Waals surface area contributed by atoms with E-state index in [-0.39, 0.29) is 31.3 Å². The first-order valence-corrected chi connectivity index (χ1v) is 17.7. The highest BCUT2D eigenvalue weighted by molar-refractivity contribution is 6.00. The van der Waals surface area contributed by atoms with Crippen LogP contribution in [0.5, 0.6) is 0 Å².